The van der Waals surface area contributed by atoms with Gasteiger partial charge in [-0.05, 0) is 19.4 Å². The molecule has 1 rings (SSSR count). The fourth-order valence-corrected chi connectivity index (χ4v) is 2.26. The van der Waals surface area contributed by atoms with Gasteiger partial charge in [0.25, 0.3) is 0 Å². The summed E-state index contributed by atoms with van der Waals surface area (Å²) >= 11 is 0. The Bertz CT molecular complexity index is 408. The molecule has 0 spiro atoms. The summed E-state index contributed by atoms with van der Waals surface area (Å²) in [5.74, 6) is 0. The fourth-order valence-electron chi connectivity index (χ4n) is 2.26. The number of quaternary nitrogens is 1. The molecule has 106 valence electrons. The number of rotatable bonds is 5. The Morgan fingerprint density at radius 3 is 2.32 bits per heavy atom. The van der Waals surface area contributed by atoms with E-state index in [2.05, 4.69) is 26.5 Å². The van der Waals surface area contributed by atoms with Crippen LogP contribution in [-0.4, -0.2) is 43.8 Å². The minimum absolute atomic E-state index is 0.299. The fraction of sp³-hybridized carbons (Fsp3) is 0.533. The van der Waals surface area contributed by atoms with Crippen LogP contribution in [0.4, 0.5) is 4.79 Å². The highest BCUT2D eigenvalue weighted by Crippen LogP contribution is 2.08. The monoisotopic (exact) mass is 265 g/mol. The number of nitrogens with zero attached hydrogens (tertiary/aromatic N) is 1. The number of likely N-dealkylation sites (N-methyl/N-ethyl adjacent to an activating group) is 1. The van der Waals surface area contributed by atoms with E-state index in [0.717, 1.165) is 16.6 Å². The van der Waals surface area contributed by atoms with Gasteiger partial charge in [0.2, 0.25) is 0 Å². The minimum Gasteiger partial charge on any atom is -0.445 e. The molecule has 0 aliphatic heterocycles. The first-order valence-corrected chi connectivity index (χ1v) is 6.47. The quantitative estimate of drug-likeness (QED) is 0.830. The molecule has 1 amide bonds. The highest BCUT2D eigenvalue weighted by Gasteiger charge is 2.28. The summed E-state index contributed by atoms with van der Waals surface area (Å²) < 4.78 is 6.01. The highest BCUT2D eigenvalue weighted by molar-refractivity contribution is 5.68. The summed E-state index contributed by atoms with van der Waals surface area (Å²) in [4.78, 5) is 11.8. The molecule has 1 aromatic carbocycles. The van der Waals surface area contributed by atoms with Crippen molar-refractivity contribution in [1.29, 1.82) is 0 Å². The summed E-state index contributed by atoms with van der Waals surface area (Å²) in [6.45, 7) is 5.13. The highest BCUT2D eigenvalue weighted by atomic mass is 16.5. The minimum atomic E-state index is -0.373. The average molecular weight is 265 g/mol. The van der Waals surface area contributed by atoms with Gasteiger partial charge in [-0.3, -0.25) is 0 Å². The Hall–Kier alpha value is -1.55. The third-order valence-electron chi connectivity index (χ3n) is 2.52. The smallest absolute Gasteiger partial charge is 0.408 e. The molecular weight excluding hydrogens is 240 g/mol. The third-order valence-corrected chi connectivity index (χ3v) is 2.52. The van der Waals surface area contributed by atoms with Gasteiger partial charge in [0.15, 0.2) is 0 Å². The second-order valence-corrected chi connectivity index (χ2v) is 6.52. The maximum Gasteiger partial charge on any atom is 0.408 e. The average Bonchev–Trinajstić information content (AvgIpc) is 2.23. The van der Waals surface area contributed by atoms with E-state index in [-0.39, 0.29) is 11.6 Å². The number of ether oxygens (including phenoxy) is 1. The number of amides is 1. The van der Waals surface area contributed by atoms with Crippen molar-refractivity contribution in [3.05, 3.63) is 35.9 Å². The molecule has 0 fully saturated rings. The maximum absolute atomic E-state index is 11.8. The molecule has 0 aliphatic rings. The second kappa shape index (κ2) is 6.06. The van der Waals surface area contributed by atoms with E-state index in [1.807, 2.05) is 44.2 Å². The van der Waals surface area contributed by atoms with Gasteiger partial charge in [-0.25, -0.2) is 4.79 Å². The molecule has 0 atom stereocenters. The van der Waals surface area contributed by atoms with Gasteiger partial charge in [-0.2, -0.15) is 0 Å². The van der Waals surface area contributed by atoms with Gasteiger partial charge in [0.1, 0.15) is 13.2 Å². The van der Waals surface area contributed by atoms with Crippen LogP contribution >= 0.6 is 0 Å². The Kier molecular flexibility index (Phi) is 4.95. The molecule has 0 radical (unpaired) electrons. The first kappa shape index (κ1) is 15.5. The van der Waals surface area contributed by atoms with Crippen molar-refractivity contribution < 1.29 is 14.0 Å². The zero-order chi connectivity index (χ0) is 14.5. The van der Waals surface area contributed by atoms with Crippen LogP contribution in [0.1, 0.15) is 19.4 Å². The van der Waals surface area contributed by atoms with Crippen molar-refractivity contribution in [2.75, 3.05) is 27.7 Å². The van der Waals surface area contributed by atoms with Crippen LogP contribution in [0, 0.1) is 0 Å². The van der Waals surface area contributed by atoms with Crippen LogP contribution in [0.2, 0.25) is 0 Å². The summed E-state index contributed by atoms with van der Waals surface area (Å²) in [5, 5.41) is 2.91. The molecule has 0 aromatic heterocycles. The number of carbonyl (C=O) groups is 1. The molecule has 1 aromatic rings. The lowest BCUT2D eigenvalue weighted by molar-refractivity contribution is -0.873. The van der Waals surface area contributed by atoms with Crippen molar-refractivity contribution in [2.45, 2.75) is 26.0 Å². The first-order chi connectivity index (χ1) is 8.68. The summed E-state index contributed by atoms with van der Waals surface area (Å²) in [6.07, 6.45) is -0.373. The normalized spacial score (nSPS) is 12.1. The van der Waals surface area contributed by atoms with E-state index in [1.165, 1.54) is 0 Å². The summed E-state index contributed by atoms with van der Waals surface area (Å²) in [6, 6.07) is 9.66. The van der Waals surface area contributed by atoms with Gasteiger partial charge < -0.3 is 14.5 Å². The van der Waals surface area contributed by atoms with Crippen LogP contribution in [-0.2, 0) is 11.3 Å². The Labute approximate surface area is 116 Å². The Morgan fingerprint density at radius 1 is 1.21 bits per heavy atom. The number of benzene rings is 1. The number of hydrogen-bond acceptors (Lipinski definition) is 2. The lowest BCUT2D eigenvalue weighted by Gasteiger charge is -2.34. The van der Waals surface area contributed by atoms with E-state index in [9.17, 15) is 4.79 Å². The maximum atomic E-state index is 11.8. The number of carbonyl (C=O) groups excluding carboxylic acids is 1. The number of nitrogens with one attached hydrogen (secondary N) is 1. The van der Waals surface area contributed by atoms with Gasteiger partial charge >= 0.3 is 6.09 Å². The van der Waals surface area contributed by atoms with Crippen LogP contribution in [0.3, 0.4) is 0 Å². The van der Waals surface area contributed by atoms with E-state index < -0.39 is 0 Å². The van der Waals surface area contributed by atoms with E-state index in [1.54, 1.807) is 0 Å². The van der Waals surface area contributed by atoms with Crippen molar-refractivity contribution in [3.63, 3.8) is 0 Å². The van der Waals surface area contributed by atoms with Crippen molar-refractivity contribution >= 4 is 6.09 Å². The summed E-state index contributed by atoms with van der Waals surface area (Å²) in [5.41, 5.74) is 0.688. The van der Waals surface area contributed by atoms with Crippen molar-refractivity contribution in [3.8, 4) is 0 Å². The van der Waals surface area contributed by atoms with Crippen LogP contribution in [0.25, 0.3) is 0 Å². The molecule has 19 heavy (non-hydrogen) atoms. The van der Waals surface area contributed by atoms with Gasteiger partial charge in [-0.1, -0.05) is 30.3 Å². The van der Waals surface area contributed by atoms with Crippen molar-refractivity contribution in [1.82, 2.24) is 5.32 Å². The van der Waals surface area contributed by atoms with Gasteiger partial charge in [0.05, 0.1) is 26.7 Å². The molecule has 0 aliphatic carbocycles. The van der Waals surface area contributed by atoms with E-state index in [4.69, 9.17) is 4.74 Å². The number of alkyl carbamates (subject to hydrolysis) is 1. The predicted octanol–water partition coefficient (Wildman–Crippen LogP) is 2.40. The Morgan fingerprint density at radius 2 is 1.79 bits per heavy atom. The van der Waals surface area contributed by atoms with E-state index >= 15 is 0 Å². The molecule has 0 saturated carbocycles. The molecule has 4 nitrogen and oxygen atoms in total. The zero-order valence-corrected chi connectivity index (χ0v) is 12.6. The predicted molar refractivity (Wildman–Crippen MR) is 76.7 cm³/mol. The lowest BCUT2D eigenvalue weighted by atomic mass is 10.1. The van der Waals surface area contributed by atoms with Gasteiger partial charge in [0, 0.05) is 0 Å². The molecule has 4 heteroatoms. The standard InChI is InChI=1S/C15H24N2O2/c1-15(2,12-17(3,4)5)16-14(18)19-11-13-9-7-6-8-10-13/h6-10H,11-12H2,1-5H3/p+1. The lowest BCUT2D eigenvalue weighted by Crippen LogP contribution is -2.55. The topological polar surface area (TPSA) is 38.3 Å². The van der Waals surface area contributed by atoms with Crippen LogP contribution < -0.4 is 5.32 Å². The third kappa shape index (κ3) is 6.82. The van der Waals surface area contributed by atoms with Gasteiger partial charge in [-0.15, -0.1) is 0 Å². The second-order valence-electron chi connectivity index (χ2n) is 6.52. The Balaban J connectivity index is 2.43. The van der Waals surface area contributed by atoms with Crippen LogP contribution in [0.15, 0.2) is 30.3 Å². The molecule has 0 heterocycles. The summed E-state index contributed by atoms with van der Waals surface area (Å²) in [7, 11) is 6.29. The SMILES string of the molecule is CC(C)(C[N+](C)(C)C)NC(=O)OCc1ccccc1. The molecule has 0 bridgehead atoms. The van der Waals surface area contributed by atoms with Crippen LogP contribution in [0.5, 0.6) is 0 Å². The molecule has 0 saturated heterocycles. The van der Waals surface area contributed by atoms with Crippen molar-refractivity contribution in [2.24, 2.45) is 0 Å². The molecule has 1 N–H and O–H groups in total. The number of hydrogen-bond donors (Lipinski definition) is 1. The van der Waals surface area contributed by atoms with E-state index in [0.29, 0.717) is 6.61 Å². The molecular formula is C15H25N2O2+. The molecule has 0 unspecified atom stereocenters. The zero-order valence-electron chi connectivity index (χ0n) is 12.6. The largest absolute Gasteiger partial charge is 0.445 e. The first-order valence-electron chi connectivity index (χ1n) is 6.47.